The van der Waals surface area contributed by atoms with Crippen molar-refractivity contribution in [2.45, 2.75) is 33.1 Å². The summed E-state index contributed by atoms with van der Waals surface area (Å²) in [5, 5.41) is 0. The lowest BCUT2D eigenvalue weighted by Gasteiger charge is -2.08. The highest BCUT2D eigenvalue weighted by atomic mass is 16.4. The Labute approximate surface area is 89.9 Å². The van der Waals surface area contributed by atoms with E-state index in [0.717, 1.165) is 29.5 Å². The van der Waals surface area contributed by atoms with E-state index in [0.29, 0.717) is 0 Å². The SMILES string of the molecule is CCC(c1ccc(C)o1)c1ccc(C)o1. The molecule has 0 aliphatic rings. The van der Waals surface area contributed by atoms with Crippen LogP contribution in [-0.2, 0) is 0 Å². The summed E-state index contributed by atoms with van der Waals surface area (Å²) in [4.78, 5) is 0. The van der Waals surface area contributed by atoms with Gasteiger partial charge in [-0.1, -0.05) is 6.92 Å². The standard InChI is InChI=1S/C13H16O2/c1-4-11(12-7-5-9(2)14-12)13-8-6-10(3)15-13/h5-8,11H,4H2,1-3H3. The van der Waals surface area contributed by atoms with Gasteiger partial charge in [-0.2, -0.15) is 0 Å². The van der Waals surface area contributed by atoms with E-state index in [4.69, 9.17) is 8.83 Å². The Kier molecular flexibility index (Phi) is 2.67. The summed E-state index contributed by atoms with van der Waals surface area (Å²) in [6, 6.07) is 8.05. The van der Waals surface area contributed by atoms with E-state index in [2.05, 4.69) is 6.92 Å². The topological polar surface area (TPSA) is 26.3 Å². The molecule has 2 aromatic rings. The predicted molar refractivity (Wildman–Crippen MR) is 59.0 cm³/mol. The minimum atomic E-state index is 0.243. The highest BCUT2D eigenvalue weighted by molar-refractivity contribution is 5.21. The Bertz CT molecular complexity index is 397. The van der Waals surface area contributed by atoms with Gasteiger partial charge in [-0.25, -0.2) is 0 Å². The molecular weight excluding hydrogens is 188 g/mol. The molecule has 0 aromatic carbocycles. The molecule has 80 valence electrons. The van der Waals surface area contributed by atoms with E-state index < -0.39 is 0 Å². The van der Waals surface area contributed by atoms with Gasteiger partial charge in [0.1, 0.15) is 23.0 Å². The molecule has 2 heteroatoms. The fourth-order valence-corrected chi connectivity index (χ4v) is 1.82. The van der Waals surface area contributed by atoms with Crippen molar-refractivity contribution in [2.75, 3.05) is 0 Å². The summed E-state index contributed by atoms with van der Waals surface area (Å²) in [5.74, 6) is 4.12. The molecule has 0 unspecified atom stereocenters. The number of hydrogen-bond acceptors (Lipinski definition) is 2. The van der Waals surface area contributed by atoms with Crippen LogP contribution in [0.2, 0.25) is 0 Å². The van der Waals surface area contributed by atoms with Gasteiger partial charge in [0.05, 0.1) is 5.92 Å². The molecular formula is C13H16O2. The average molecular weight is 204 g/mol. The molecule has 0 saturated carbocycles. The lowest BCUT2D eigenvalue weighted by Crippen LogP contribution is -1.95. The first kappa shape index (κ1) is 10.1. The van der Waals surface area contributed by atoms with Crippen molar-refractivity contribution in [1.29, 1.82) is 0 Å². The van der Waals surface area contributed by atoms with Crippen LogP contribution in [0.1, 0.15) is 42.3 Å². The third kappa shape index (κ3) is 1.99. The predicted octanol–water partition coefficient (Wildman–Crippen LogP) is 4.03. The van der Waals surface area contributed by atoms with Crippen molar-refractivity contribution in [3.63, 3.8) is 0 Å². The lowest BCUT2D eigenvalue weighted by atomic mass is 10.0. The first-order chi connectivity index (χ1) is 7.20. The zero-order chi connectivity index (χ0) is 10.8. The molecule has 2 heterocycles. The van der Waals surface area contributed by atoms with Crippen LogP contribution in [0.3, 0.4) is 0 Å². The number of aryl methyl sites for hydroxylation is 2. The summed E-state index contributed by atoms with van der Waals surface area (Å²) < 4.78 is 11.3. The van der Waals surface area contributed by atoms with Gasteiger partial charge in [-0.15, -0.1) is 0 Å². The Balaban J connectivity index is 2.32. The van der Waals surface area contributed by atoms with Gasteiger partial charge < -0.3 is 8.83 Å². The Morgan fingerprint density at radius 3 is 1.67 bits per heavy atom. The minimum absolute atomic E-state index is 0.243. The lowest BCUT2D eigenvalue weighted by molar-refractivity contribution is 0.403. The summed E-state index contributed by atoms with van der Waals surface area (Å²) in [5.41, 5.74) is 0. The summed E-state index contributed by atoms with van der Waals surface area (Å²) in [6.07, 6.45) is 0.986. The molecule has 0 amide bonds. The van der Waals surface area contributed by atoms with E-state index in [1.807, 2.05) is 38.1 Å². The van der Waals surface area contributed by atoms with Gasteiger partial charge in [0.2, 0.25) is 0 Å². The smallest absolute Gasteiger partial charge is 0.114 e. The van der Waals surface area contributed by atoms with Crippen LogP contribution in [-0.4, -0.2) is 0 Å². The molecule has 0 radical (unpaired) electrons. The molecule has 0 bridgehead atoms. The molecule has 2 rings (SSSR count). The highest BCUT2D eigenvalue weighted by Crippen LogP contribution is 2.30. The van der Waals surface area contributed by atoms with E-state index in [-0.39, 0.29) is 5.92 Å². The monoisotopic (exact) mass is 204 g/mol. The van der Waals surface area contributed by atoms with Crippen molar-refractivity contribution in [1.82, 2.24) is 0 Å². The summed E-state index contributed by atoms with van der Waals surface area (Å²) in [7, 11) is 0. The van der Waals surface area contributed by atoms with Gasteiger partial charge in [0, 0.05) is 0 Å². The van der Waals surface area contributed by atoms with Crippen molar-refractivity contribution < 1.29 is 8.83 Å². The number of hydrogen-bond donors (Lipinski definition) is 0. The minimum Gasteiger partial charge on any atom is -0.466 e. The van der Waals surface area contributed by atoms with Crippen LogP contribution in [0.4, 0.5) is 0 Å². The maximum Gasteiger partial charge on any atom is 0.114 e. The maximum absolute atomic E-state index is 5.64. The van der Waals surface area contributed by atoms with Gasteiger partial charge in [0.25, 0.3) is 0 Å². The largest absolute Gasteiger partial charge is 0.466 e. The van der Waals surface area contributed by atoms with Crippen molar-refractivity contribution >= 4 is 0 Å². The van der Waals surface area contributed by atoms with E-state index in [1.54, 1.807) is 0 Å². The Hall–Kier alpha value is -1.44. The molecule has 0 spiro atoms. The molecule has 0 aliphatic carbocycles. The quantitative estimate of drug-likeness (QED) is 0.754. The van der Waals surface area contributed by atoms with E-state index >= 15 is 0 Å². The normalized spacial score (nSPS) is 11.2. The second-order valence-corrected chi connectivity index (χ2v) is 3.86. The molecule has 15 heavy (non-hydrogen) atoms. The van der Waals surface area contributed by atoms with Crippen LogP contribution >= 0.6 is 0 Å². The fraction of sp³-hybridized carbons (Fsp3) is 0.385. The zero-order valence-electron chi connectivity index (χ0n) is 9.41. The second-order valence-electron chi connectivity index (χ2n) is 3.86. The molecule has 0 saturated heterocycles. The van der Waals surface area contributed by atoms with Crippen molar-refractivity contribution in [3.05, 3.63) is 47.3 Å². The number of rotatable bonds is 3. The van der Waals surface area contributed by atoms with E-state index in [1.165, 1.54) is 0 Å². The fourth-order valence-electron chi connectivity index (χ4n) is 1.82. The molecule has 0 N–H and O–H groups in total. The maximum atomic E-state index is 5.64. The van der Waals surface area contributed by atoms with Gasteiger partial charge in [0.15, 0.2) is 0 Å². The summed E-state index contributed by atoms with van der Waals surface area (Å²) >= 11 is 0. The molecule has 0 atom stereocenters. The first-order valence-corrected chi connectivity index (χ1v) is 5.33. The van der Waals surface area contributed by atoms with Crippen LogP contribution in [0.15, 0.2) is 33.1 Å². The van der Waals surface area contributed by atoms with Crippen LogP contribution in [0.25, 0.3) is 0 Å². The Morgan fingerprint density at radius 1 is 0.933 bits per heavy atom. The van der Waals surface area contributed by atoms with Crippen LogP contribution < -0.4 is 0 Å². The van der Waals surface area contributed by atoms with Gasteiger partial charge >= 0.3 is 0 Å². The number of furan rings is 2. The average Bonchev–Trinajstić information content (AvgIpc) is 2.78. The van der Waals surface area contributed by atoms with Crippen molar-refractivity contribution in [3.8, 4) is 0 Å². The van der Waals surface area contributed by atoms with Gasteiger partial charge in [-0.3, -0.25) is 0 Å². The Morgan fingerprint density at radius 2 is 1.40 bits per heavy atom. The third-order valence-corrected chi connectivity index (χ3v) is 2.62. The third-order valence-electron chi connectivity index (χ3n) is 2.62. The summed E-state index contributed by atoms with van der Waals surface area (Å²) in [6.45, 7) is 6.06. The molecule has 0 fully saturated rings. The van der Waals surface area contributed by atoms with Crippen LogP contribution in [0, 0.1) is 13.8 Å². The van der Waals surface area contributed by atoms with Crippen molar-refractivity contribution in [2.24, 2.45) is 0 Å². The second kappa shape index (κ2) is 3.97. The highest BCUT2D eigenvalue weighted by Gasteiger charge is 2.18. The molecule has 0 aliphatic heterocycles. The van der Waals surface area contributed by atoms with Crippen LogP contribution in [0.5, 0.6) is 0 Å². The molecule has 2 aromatic heterocycles. The van der Waals surface area contributed by atoms with Gasteiger partial charge in [-0.05, 0) is 44.5 Å². The van der Waals surface area contributed by atoms with E-state index in [9.17, 15) is 0 Å². The first-order valence-electron chi connectivity index (χ1n) is 5.33. The zero-order valence-corrected chi connectivity index (χ0v) is 9.41. The molecule has 2 nitrogen and oxygen atoms in total.